The first-order chi connectivity index (χ1) is 7.63. The number of nitrogens with zero attached hydrogens (tertiary/aromatic N) is 3. The van der Waals surface area contributed by atoms with Gasteiger partial charge in [-0.25, -0.2) is 4.68 Å². The van der Waals surface area contributed by atoms with Crippen LogP contribution in [0.3, 0.4) is 0 Å². The quantitative estimate of drug-likeness (QED) is 0.886. The molecule has 0 amide bonds. The molecular formula is C11H21BrN4O. The van der Waals surface area contributed by atoms with E-state index >= 15 is 0 Å². The Labute approximate surface area is 111 Å². The van der Waals surface area contributed by atoms with Gasteiger partial charge in [0.05, 0.1) is 0 Å². The van der Waals surface area contributed by atoms with Gasteiger partial charge in [0.15, 0.2) is 4.60 Å². The van der Waals surface area contributed by atoms with Crippen molar-refractivity contribution in [2.75, 3.05) is 6.54 Å². The van der Waals surface area contributed by atoms with Crippen LogP contribution in [0.15, 0.2) is 4.60 Å². The molecule has 0 aliphatic rings. The maximum atomic E-state index is 10.5. The van der Waals surface area contributed by atoms with E-state index in [1.165, 1.54) is 0 Å². The first-order valence-electron chi connectivity index (χ1n) is 5.66. The molecule has 2 N–H and O–H groups in total. The number of aromatic nitrogens is 3. The summed E-state index contributed by atoms with van der Waals surface area (Å²) >= 11 is 3.31. The Balaban J connectivity index is 2.69. The molecule has 0 aliphatic heterocycles. The number of hydrogen-bond donors (Lipinski definition) is 2. The maximum Gasteiger partial charge on any atom is 0.154 e. The lowest BCUT2D eigenvalue weighted by Gasteiger charge is -2.27. The highest BCUT2D eigenvalue weighted by atomic mass is 79.9. The van der Waals surface area contributed by atoms with Gasteiger partial charge in [-0.1, -0.05) is 5.21 Å². The van der Waals surface area contributed by atoms with Gasteiger partial charge in [0, 0.05) is 12.6 Å². The third-order valence-corrected chi connectivity index (χ3v) is 3.10. The van der Waals surface area contributed by atoms with Crippen LogP contribution in [0.2, 0.25) is 0 Å². The van der Waals surface area contributed by atoms with Crippen LogP contribution >= 0.6 is 15.9 Å². The zero-order valence-corrected chi connectivity index (χ0v) is 12.7. The van der Waals surface area contributed by atoms with Crippen molar-refractivity contribution in [1.29, 1.82) is 0 Å². The first kappa shape index (κ1) is 14.6. The van der Waals surface area contributed by atoms with Crippen LogP contribution in [0.25, 0.3) is 0 Å². The molecule has 0 aromatic carbocycles. The third kappa shape index (κ3) is 4.04. The van der Waals surface area contributed by atoms with Gasteiger partial charge in [-0.15, -0.1) is 5.10 Å². The normalized spacial score (nSPS) is 15.9. The van der Waals surface area contributed by atoms with Gasteiger partial charge in [-0.2, -0.15) is 0 Å². The summed E-state index contributed by atoms with van der Waals surface area (Å²) in [7, 11) is 1.78. The van der Waals surface area contributed by atoms with Crippen LogP contribution in [0.4, 0.5) is 0 Å². The van der Waals surface area contributed by atoms with E-state index < -0.39 is 5.60 Å². The minimum absolute atomic E-state index is 0.0536. The fourth-order valence-electron chi connectivity index (χ4n) is 1.70. The highest BCUT2D eigenvalue weighted by molar-refractivity contribution is 9.10. The van der Waals surface area contributed by atoms with Gasteiger partial charge in [-0.05, 0) is 56.6 Å². The van der Waals surface area contributed by atoms with E-state index in [9.17, 15) is 5.11 Å². The second-order valence-corrected chi connectivity index (χ2v) is 6.30. The molecule has 1 aromatic heterocycles. The van der Waals surface area contributed by atoms with Crippen LogP contribution < -0.4 is 5.32 Å². The Kier molecular flexibility index (Phi) is 4.33. The highest BCUT2D eigenvalue weighted by Crippen LogP contribution is 2.28. The third-order valence-electron chi connectivity index (χ3n) is 2.56. The Morgan fingerprint density at radius 1 is 1.35 bits per heavy atom. The van der Waals surface area contributed by atoms with Crippen LogP contribution in [0.5, 0.6) is 0 Å². The largest absolute Gasteiger partial charge is 0.384 e. The van der Waals surface area contributed by atoms with Crippen LogP contribution in [-0.4, -0.2) is 32.2 Å². The average molecular weight is 305 g/mol. The van der Waals surface area contributed by atoms with Crippen molar-refractivity contribution in [3.8, 4) is 0 Å². The topological polar surface area (TPSA) is 63.0 Å². The Morgan fingerprint density at radius 2 is 1.94 bits per heavy atom. The minimum atomic E-state index is -0.949. The Morgan fingerprint density at radius 3 is 2.35 bits per heavy atom. The lowest BCUT2D eigenvalue weighted by atomic mass is 9.97. The van der Waals surface area contributed by atoms with Crippen LogP contribution in [-0.2, 0) is 12.6 Å². The summed E-state index contributed by atoms with van der Waals surface area (Å²) in [5, 5.41) is 21.6. The number of hydrogen-bond acceptors (Lipinski definition) is 4. The number of nitrogens with one attached hydrogen (secondary N) is 1. The average Bonchev–Trinajstić information content (AvgIpc) is 2.43. The van der Waals surface area contributed by atoms with E-state index in [0.717, 1.165) is 6.54 Å². The fraction of sp³-hybridized carbons (Fsp3) is 0.818. The lowest BCUT2D eigenvalue weighted by Crippen LogP contribution is -2.39. The number of aliphatic hydroxyl groups is 1. The Bertz CT molecular complexity index is 362. The standard InChI is InChI=1S/C11H21BrN4O/c1-10(2,3)13-7-6-11(4,17)8-9(12)14-15-16(8)5/h13,17H,6-7H2,1-5H3. The molecule has 17 heavy (non-hydrogen) atoms. The smallest absolute Gasteiger partial charge is 0.154 e. The van der Waals surface area contributed by atoms with Crippen molar-refractivity contribution in [2.45, 2.75) is 45.3 Å². The highest BCUT2D eigenvalue weighted by Gasteiger charge is 2.30. The van der Waals surface area contributed by atoms with Gasteiger partial charge in [0.2, 0.25) is 0 Å². The van der Waals surface area contributed by atoms with E-state index in [1.807, 2.05) is 0 Å². The molecule has 98 valence electrons. The van der Waals surface area contributed by atoms with Gasteiger partial charge < -0.3 is 10.4 Å². The van der Waals surface area contributed by atoms with Crippen LogP contribution in [0.1, 0.15) is 39.8 Å². The van der Waals surface area contributed by atoms with Crippen molar-refractivity contribution < 1.29 is 5.11 Å². The summed E-state index contributed by atoms with van der Waals surface area (Å²) in [4.78, 5) is 0. The van der Waals surface area contributed by atoms with Crippen LogP contribution in [0, 0.1) is 0 Å². The van der Waals surface area contributed by atoms with Gasteiger partial charge in [-0.3, -0.25) is 0 Å². The molecular weight excluding hydrogens is 284 g/mol. The lowest BCUT2D eigenvalue weighted by molar-refractivity contribution is 0.0374. The number of rotatable bonds is 4. The molecule has 0 bridgehead atoms. The second-order valence-electron chi connectivity index (χ2n) is 5.55. The molecule has 1 unspecified atom stereocenters. The predicted octanol–water partition coefficient (Wildman–Crippen LogP) is 1.56. The molecule has 1 heterocycles. The van der Waals surface area contributed by atoms with Crippen molar-refractivity contribution in [1.82, 2.24) is 20.3 Å². The maximum absolute atomic E-state index is 10.5. The molecule has 0 saturated carbocycles. The Hall–Kier alpha value is -0.460. The summed E-state index contributed by atoms with van der Waals surface area (Å²) in [6, 6.07) is 0. The summed E-state index contributed by atoms with van der Waals surface area (Å²) in [5.41, 5.74) is -0.193. The second kappa shape index (κ2) is 5.04. The van der Waals surface area contributed by atoms with Gasteiger partial charge >= 0.3 is 0 Å². The zero-order chi connectivity index (χ0) is 13.3. The van der Waals surface area contributed by atoms with Crippen molar-refractivity contribution in [3.05, 3.63) is 10.3 Å². The fourth-order valence-corrected chi connectivity index (χ4v) is 2.46. The predicted molar refractivity (Wildman–Crippen MR) is 70.6 cm³/mol. The van der Waals surface area contributed by atoms with E-state index in [-0.39, 0.29) is 5.54 Å². The number of halogens is 1. The van der Waals surface area contributed by atoms with Gasteiger partial charge in [0.25, 0.3) is 0 Å². The van der Waals surface area contributed by atoms with Crippen molar-refractivity contribution in [2.24, 2.45) is 7.05 Å². The van der Waals surface area contributed by atoms with Crippen molar-refractivity contribution >= 4 is 15.9 Å². The molecule has 0 fully saturated rings. The summed E-state index contributed by atoms with van der Waals surface area (Å²) < 4.78 is 2.20. The van der Waals surface area contributed by atoms with Gasteiger partial charge in [0.1, 0.15) is 11.3 Å². The summed E-state index contributed by atoms with van der Waals surface area (Å²) in [6.07, 6.45) is 0.601. The molecule has 0 radical (unpaired) electrons. The molecule has 1 rings (SSSR count). The monoisotopic (exact) mass is 304 g/mol. The molecule has 1 atom stereocenters. The number of aryl methyl sites for hydroxylation is 1. The molecule has 0 aliphatic carbocycles. The first-order valence-corrected chi connectivity index (χ1v) is 6.46. The molecule has 0 saturated heterocycles. The molecule has 0 spiro atoms. The zero-order valence-electron chi connectivity index (χ0n) is 11.1. The molecule has 1 aromatic rings. The van der Waals surface area contributed by atoms with E-state index in [2.05, 4.69) is 52.3 Å². The summed E-state index contributed by atoms with van der Waals surface area (Å²) in [6.45, 7) is 8.81. The molecule has 6 heteroatoms. The molecule has 5 nitrogen and oxygen atoms in total. The van der Waals surface area contributed by atoms with E-state index in [4.69, 9.17) is 0 Å². The van der Waals surface area contributed by atoms with E-state index in [0.29, 0.717) is 16.7 Å². The van der Waals surface area contributed by atoms with Crippen molar-refractivity contribution in [3.63, 3.8) is 0 Å². The van der Waals surface area contributed by atoms with E-state index in [1.54, 1.807) is 18.7 Å². The SMILES string of the molecule is Cn1nnc(Br)c1C(C)(O)CCNC(C)(C)C. The minimum Gasteiger partial charge on any atom is -0.384 e. The summed E-state index contributed by atoms with van der Waals surface area (Å²) in [5.74, 6) is 0.